The highest BCUT2D eigenvalue weighted by atomic mass is 35.5. The van der Waals surface area contributed by atoms with Gasteiger partial charge in [0.1, 0.15) is 5.75 Å². The number of hydrogen-bond acceptors (Lipinski definition) is 9. The first-order chi connectivity index (χ1) is 13.6. The second-order valence-electron chi connectivity index (χ2n) is 5.36. The number of ether oxygens (including phenoxy) is 3. The fourth-order valence-electron chi connectivity index (χ4n) is 2.11. The summed E-state index contributed by atoms with van der Waals surface area (Å²) in [6.07, 6.45) is 1.63. The molecule has 0 unspecified atom stereocenters. The lowest BCUT2D eigenvalue weighted by molar-refractivity contribution is 0.348. The molecular weight excluding hydrogens is 384 g/mol. The molecule has 0 spiro atoms. The van der Waals surface area contributed by atoms with Gasteiger partial charge in [-0.25, -0.2) is 5.01 Å². The van der Waals surface area contributed by atoms with Crippen LogP contribution in [0, 0.1) is 0 Å². The van der Waals surface area contributed by atoms with Crippen molar-refractivity contribution in [1.82, 2.24) is 20.2 Å². The minimum absolute atomic E-state index is 0.0916. The van der Waals surface area contributed by atoms with Gasteiger partial charge in [0.25, 0.3) is 0 Å². The van der Waals surface area contributed by atoms with Gasteiger partial charge >= 0.3 is 6.01 Å². The zero-order valence-corrected chi connectivity index (χ0v) is 16.2. The van der Waals surface area contributed by atoms with Crippen molar-refractivity contribution in [1.29, 1.82) is 0 Å². The van der Waals surface area contributed by atoms with Crippen LogP contribution in [0.25, 0.3) is 0 Å². The maximum absolute atomic E-state index is 5.81. The summed E-state index contributed by atoms with van der Waals surface area (Å²) in [5.74, 6) is 1.71. The molecule has 9 nitrogen and oxygen atoms in total. The topological polar surface area (TPSA) is 94.8 Å². The molecule has 2 aromatic heterocycles. The van der Waals surface area contributed by atoms with Crippen LogP contribution < -0.4 is 19.2 Å². The maximum atomic E-state index is 5.81. The van der Waals surface area contributed by atoms with E-state index in [4.69, 9.17) is 25.8 Å². The Bertz CT molecular complexity index is 946. The van der Waals surface area contributed by atoms with Gasteiger partial charge in [-0.05, 0) is 24.3 Å². The zero-order valence-electron chi connectivity index (χ0n) is 15.4. The number of hydrogen-bond donors (Lipinski definition) is 0. The lowest BCUT2D eigenvalue weighted by Gasteiger charge is -2.12. The van der Waals surface area contributed by atoms with Crippen LogP contribution in [0.3, 0.4) is 0 Å². The molecule has 0 aliphatic rings. The van der Waals surface area contributed by atoms with Gasteiger partial charge in [-0.1, -0.05) is 23.7 Å². The van der Waals surface area contributed by atoms with Gasteiger partial charge < -0.3 is 14.2 Å². The molecule has 3 rings (SSSR count). The van der Waals surface area contributed by atoms with Crippen molar-refractivity contribution in [2.24, 2.45) is 5.10 Å². The van der Waals surface area contributed by atoms with E-state index in [1.807, 2.05) is 18.2 Å². The average molecular weight is 401 g/mol. The van der Waals surface area contributed by atoms with Gasteiger partial charge in [0.2, 0.25) is 11.8 Å². The first kappa shape index (κ1) is 19.3. The summed E-state index contributed by atoms with van der Waals surface area (Å²) >= 11 is 5.75. The van der Waals surface area contributed by atoms with Crippen molar-refractivity contribution in [3.05, 3.63) is 53.2 Å². The van der Waals surface area contributed by atoms with Crippen molar-refractivity contribution in [2.75, 3.05) is 26.3 Å². The molecule has 0 bridgehead atoms. The lowest BCUT2D eigenvalue weighted by Crippen LogP contribution is -2.11. The monoisotopic (exact) mass is 400 g/mol. The maximum Gasteiger partial charge on any atom is 0.328 e. The predicted octanol–water partition coefficient (Wildman–Crippen LogP) is 3.20. The fourth-order valence-corrected chi connectivity index (χ4v) is 2.21. The summed E-state index contributed by atoms with van der Waals surface area (Å²) in [4.78, 5) is 8.33. The normalized spacial score (nSPS) is 10.7. The Morgan fingerprint density at radius 2 is 1.71 bits per heavy atom. The summed E-state index contributed by atoms with van der Waals surface area (Å²) < 4.78 is 16.1. The second-order valence-corrected chi connectivity index (χ2v) is 5.74. The van der Waals surface area contributed by atoms with Crippen LogP contribution in [-0.4, -0.2) is 47.6 Å². The third-order valence-corrected chi connectivity index (χ3v) is 3.72. The third kappa shape index (κ3) is 4.83. The molecule has 2 heterocycles. The SMILES string of the molecule is COc1cc(OC)nc(Oc2ccccc2/C=N/N(C)c2ccc(Cl)nn2)n1. The Hall–Kier alpha value is -3.46. The first-order valence-corrected chi connectivity index (χ1v) is 8.47. The van der Waals surface area contributed by atoms with Gasteiger partial charge in [-0.2, -0.15) is 15.1 Å². The number of anilines is 1. The molecule has 0 aliphatic heterocycles. The lowest BCUT2D eigenvalue weighted by atomic mass is 10.2. The molecule has 0 saturated carbocycles. The summed E-state index contributed by atoms with van der Waals surface area (Å²) in [5.41, 5.74) is 0.710. The Kier molecular flexibility index (Phi) is 6.18. The number of rotatable bonds is 7. The molecule has 10 heteroatoms. The highest BCUT2D eigenvalue weighted by Gasteiger charge is 2.10. The number of halogens is 1. The fraction of sp³-hybridized carbons (Fsp3) is 0.167. The molecule has 0 aliphatic carbocycles. The van der Waals surface area contributed by atoms with E-state index in [-0.39, 0.29) is 6.01 Å². The van der Waals surface area contributed by atoms with Crippen molar-refractivity contribution in [3.63, 3.8) is 0 Å². The summed E-state index contributed by atoms with van der Waals surface area (Å²) in [5, 5.41) is 14.0. The zero-order chi connectivity index (χ0) is 19.9. The van der Waals surface area contributed by atoms with Gasteiger partial charge in [0.05, 0.1) is 26.5 Å². The summed E-state index contributed by atoms with van der Waals surface area (Å²) in [6, 6.07) is 12.3. The Labute approximate surface area is 166 Å². The number of para-hydroxylation sites is 1. The van der Waals surface area contributed by atoms with Gasteiger partial charge in [0, 0.05) is 12.6 Å². The molecule has 3 aromatic rings. The van der Waals surface area contributed by atoms with Crippen LogP contribution in [0.2, 0.25) is 5.15 Å². The minimum Gasteiger partial charge on any atom is -0.481 e. The quantitative estimate of drug-likeness (QED) is 0.440. The van der Waals surface area contributed by atoms with Gasteiger partial charge in [0.15, 0.2) is 11.0 Å². The Balaban J connectivity index is 1.82. The molecular formula is C18H17ClN6O3. The van der Waals surface area contributed by atoms with Crippen LogP contribution in [0.4, 0.5) is 5.82 Å². The molecule has 0 N–H and O–H groups in total. The third-order valence-electron chi connectivity index (χ3n) is 3.52. The van der Waals surface area contributed by atoms with Crippen LogP contribution in [0.1, 0.15) is 5.56 Å². The molecule has 1 aromatic carbocycles. The van der Waals surface area contributed by atoms with E-state index in [9.17, 15) is 0 Å². The van der Waals surface area contributed by atoms with E-state index >= 15 is 0 Å². The molecule has 144 valence electrons. The molecule has 0 amide bonds. The largest absolute Gasteiger partial charge is 0.481 e. The number of aromatic nitrogens is 4. The molecule has 0 fully saturated rings. The smallest absolute Gasteiger partial charge is 0.328 e. The van der Waals surface area contributed by atoms with E-state index in [0.717, 1.165) is 0 Å². The van der Waals surface area contributed by atoms with Gasteiger partial charge in [-0.15, -0.1) is 10.2 Å². The number of methoxy groups -OCH3 is 2. The van der Waals surface area contributed by atoms with E-state index in [2.05, 4.69) is 25.3 Å². The standard InChI is InChI=1S/C18H17ClN6O3/c1-25(15-9-8-14(19)23-24-15)20-11-12-6-4-5-7-13(12)28-18-21-16(26-2)10-17(22-18)27-3/h4-11H,1-3H3/b20-11+. The van der Waals surface area contributed by atoms with Crippen molar-refractivity contribution >= 4 is 23.6 Å². The van der Waals surface area contributed by atoms with Crippen LogP contribution in [-0.2, 0) is 0 Å². The predicted molar refractivity (Wildman–Crippen MR) is 105 cm³/mol. The Morgan fingerprint density at radius 1 is 1.00 bits per heavy atom. The van der Waals surface area contributed by atoms with E-state index in [0.29, 0.717) is 34.0 Å². The molecule has 0 radical (unpaired) electrons. The summed E-state index contributed by atoms with van der Waals surface area (Å²) in [7, 11) is 4.75. The highest BCUT2D eigenvalue weighted by Crippen LogP contribution is 2.25. The van der Waals surface area contributed by atoms with Gasteiger partial charge in [-0.3, -0.25) is 0 Å². The van der Waals surface area contributed by atoms with Crippen LogP contribution in [0.5, 0.6) is 23.5 Å². The van der Waals surface area contributed by atoms with Crippen molar-refractivity contribution in [2.45, 2.75) is 0 Å². The molecule has 0 atom stereocenters. The molecule has 0 saturated heterocycles. The second kappa shape index (κ2) is 8.96. The average Bonchev–Trinajstić information content (AvgIpc) is 2.73. The number of hydrazone groups is 1. The number of nitrogens with zero attached hydrogens (tertiary/aromatic N) is 6. The van der Waals surface area contributed by atoms with E-state index < -0.39 is 0 Å². The molecule has 28 heavy (non-hydrogen) atoms. The van der Waals surface area contributed by atoms with E-state index in [1.54, 1.807) is 42.5 Å². The minimum atomic E-state index is 0.0916. The first-order valence-electron chi connectivity index (χ1n) is 8.10. The number of benzene rings is 1. The summed E-state index contributed by atoms with van der Waals surface area (Å²) in [6.45, 7) is 0. The van der Waals surface area contributed by atoms with Crippen LogP contribution in [0.15, 0.2) is 47.6 Å². The van der Waals surface area contributed by atoms with Crippen LogP contribution >= 0.6 is 11.6 Å². The highest BCUT2D eigenvalue weighted by molar-refractivity contribution is 6.29. The van der Waals surface area contributed by atoms with Crippen molar-refractivity contribution in [3.8, 4) is 23.5 Å². The van der Waals surface area contributed by atoms with Crippen molar-refractivity contribution < 1.29 is 14.2 Å². The Morgan fingerprint density at radius 3 is 2.36 bits per heavy atom. The van der Waals surface area contributed by atoms with E-state index in [1.165, 1.54) is 14.2 Å².